The van der Waals surface area contributed by atoms with E-state index in [1.807, 2.05) is 24.3 Å². The molecule has 0 saturated carbocycles. The molecule has 3 nitrogen and oxygen atoms in total. The fourth-order valence-corrected chi connectivity index (χ4v) is 2.04. The molecular weight excluding hydrogens is 355 g/mol. The van der Waals surface area contributed by atoms with Crippen molar-refractivity contribution in [2.75, 3.05) is 7.11 Å². The molecule has 0 spiro atoms. The number of para-hydroxylation sites is 1. The molecule has 0 fully saturated rings. The summed E-state index contributed by atoms with van der Waals surface area (Å²) in [6.45, 7) is 0.401. The van der Waals surface area contributed by atoms with Crippen molar-refractivity contribution in [2.45, 2.75) is 6.61 Å². The van der Waals surface area contributed by atoms with Crippen molar-refractivity contribution < 1.29 is 14.3 Å². The average molecular weight is 368 g/mol. The first kappa shape index (κ1) is 13.9. The first-order valence-corrected chi connectivity index (χ1v) is 6.82. The summed E-state index contributed by atoms with van der Waals surface area (Å²) < 4.78 is 12.1. The molecule has 0 aliphatic carbocycles. The summed E-state index contributed by atoms with van der Waals surface area (Å²) in [5.74, 6) is 1.05. The van der Waals surface area contributed by atoms with E-state index in [-0.39, 0.29) is 0 Å². The third-order valence-corrected chi connectivity index (χ3v) is 3.37. The number of hydrogen-bond donors (Lipinski definition) is 0. The number of methoxy groups -OCH3 is 1. The maximum absolute atomic E-state index is 11.0. The summed E-state index contributed by atoms with van der Waals surface area (Å²) in [5.41, 5.74) is 1.54. The summed E-state index contributed by atoms with van der Waals surface area (Å²) in [5, 5.41) is 0. The van der Waals surface area contributed by atoms with Crippen LogP contribution in [0.3, 0.4) is 0 Å². The molecule has 19 heavy (non-hydrogen) atoms. The molecule has 0 unspecified atom stereocenters. The third-order valence-electron chi connectivity index (χ3n) is 2.65. The second-order valence-corrected chi connectivity index (χ2v) is 5.16. The lowest BCUT2D eigenvalue weighted by Gasteiger charge is -2.12. The van der Waals surface area contributed by atoms with Gasteiger partial charge in [-0.25, -0.2) is 0 Å². The van der Waals surface area contributed by atoms with Crippen LogP contribution in [0.25, 0.3) is 0 Å². The number of carbonyl (C=O) groups excluding carboxylic acids is 1. The van der Waals surface area contributed by atoms with Crippen LogP contribution in [-0.2, 0) is 6.61 Å². The lowest BCUT2D eigenvalue weighted by molar-refractivity contribution is 0.111. The SMILES string of the molecule is COc1cccc(C=O)c1OCc1ccc(I)cc1. The number of ether oxygens (including phenoxy) is 2. The van der Waals surface area contributed by atoms with E-state index < -0.39 is 0 Å². The Labute approximate surface area is 125 Å². The van der Waals surface area contributed by atoms with Crippen LogP contribution in [0, 0.1) is 3.57 Å². The van der Waals surface area contributed by atoms with Gasteiger partial charge in [0.25, 0.3) is 0 Å². The van der Waals surface area contributed by atoms with Crippen LogP contribution in [0.2, 0.25) is 0 Å². The lowest BCUT2D eigenvalue weighted by Crippen LogP contribution is -2.00. The topological polar surface area (TPSA) is 35.5 Å². The maximum atomic E-state index is 11.0. The highest BCUT2D eigenvalue weighted by Gasteiger charge is 2.10. The fourth-order valence-electron chi connectivity index (χ4n) is 1.68. The van der Waals surface area contributed by atoms with Gasteiger partial charge in [-0.05, 0) is 52.4 Å². The highest BCUT2D eigenvalue weighted by molar-refractivity contribution is 14.1. The Balaban J connectivity index is 2.18. The Hall–Kier alpha value is -1.56. The Kier molecular flexibility index (Phi) is 4.79. The van der Waals surface area contributed by atoms with E-state index in [0.717, 1.165) is 11.8 Å². The Morgan fingerprint density at radius 3 is 2.53 bits per heavy atom. The van der Waals surface area contributed by atoms with Crippen LogP contribution in [0.15, 0.2) is 42.5 Å². The molecule has 0 heterocycles. The van der Waals surface area contributed by atoms with Gasteiger partial charge in [0.15, 0.2) is 17.8 Å². The van der Waals surface area contributed by atoms with Gasteiger partial charge in [0, 0.05) is 3.57 Å². The standard InChI is InChI=1S/C15H13IO3/c1-18-14-4-2-3-12(9-17)15(14)19-10-11-5-7-13(16)8-6-11/h2-9H,10H2,1H3. The minimum absolute atomic E-state index is 0.401. The molecule has 0 amide bonds. The van der Waals surface area contributed by atoms with E-state index >= 15 is 0 Å². The molecule has 0 bridgehead atoms. The van der Waals surface area contributed by atoms with Crippen molar-refractivity contribution in [2.24, 2.45) is 0 Å². The van der Waals surface area contributed by atoms with Crippen LogP contribution < -0.4 is 9.47 Å². The maximum Gasteiger partial charge on any atom is 0.172 e. The molecular formula is C15H13IO3. The number of aldehydes is 1. The molecule has 0 aromatic heterocycles. The van der Waals surface area contributed by atoms with Crippen LogP contribution in [0.5, 0.6) is 11.5 Å². The molecule has 0 atom stereocenters. The number of carbonyl (C=O) groups is 1. The second-order valence-electron chi connectivity index (χ2n) is 3.91. The van der Waals surface area contributed by atoms with Crippen molar-refractivity contribution in [3.63, 3.8) is 0 Å². The van der Waals surface area contributed by atoms with Gasteiger partial charge in [-0.2, -0.15) is 0 Å². The number of halogens is 1. The van der Waals surface area contributed by atoms with Crippen molar-refractivity contribution in [1.82, 2.24) is 0 Å². The van der Waals surface area contributed by atoms with E-state index in [1.54, 1.807) is 25.3 Å². The molecule has 2 aromatic carbocycles. The molecule has 4 heteroatoms. The zero-order valence-electron chi connectivity index (χ0n) is 10.4. The number of rotatable bonds is 5. The van der Waals surface area contributed by atoms with Crippen LogP contribution in [0.4, 0.5) is 0 Å². The Morgan fingerprint density at radius 1 is 1.16 bits per heavy atom. The summed E-state index contributed by atoms with van der Waals surface area (Å²) in [6.07, 6.45) is 0.770. The smallest absolute Gasteiger partial charge is 0.172 e. The van der Waals surface area contributed by atoms with E-state index in [4.69, 9.17) is 9.47 Å². The Bertz CT molecular complexity index is 564. The van der Waals surface area contributed by atoms with Crippen molar-refractivity contribution in [3.05, 3.63) is 57.2 Å². The van der Waals surface area contributed by atoms with Gasteiger partial charge >= 0.3 is 0 Å². The molecule has 0 radical (unpaired) electrons. The first-order chi connectivity index (χ1) is 9.24. The minimum Gasteiger partial charge on any atom is -0.493 e. The number of benzene rings is 2. The largest absolute Gasteiger partial charge is 0.493 e. The summed E-state index contributed by atoms with van der Waals surface area (Å²) in [6, 6.07) is 13.3. The minimum atomic E-state index is 0.401. The highest BCUT2D eigenvalue weighted by Crippen LogP contribution is 2.30. The average Bonchev–Trinajstić information content (AvgIpc) is 2.46. The van der Waals surface area contributed by atoms with E-state index in [1.165, 1.54) is 3.57 Å². The monoisotopic (exact) mass is 368 g/mol. The molecule has 0 aliphatic heterocycles. The van der Waals surface area contributed by atoms with Gasteiger partial charge in [0.05, 0.1) is 12.7 Å². The molecule has 0 N–H and O–H groups in total. The predicted molar refractivity (Wildman–Crippen MR) is 81.9 cm³/mol. The van der Waals surface area contributed by atoms with Gasteiger partial charge in [-0.1, -0.05) is 18.2 Å². The first-order valence-electron chi connectivity index (χ1n) is 5.74. The third kappa shape index (κ3) is 3.47. The quantitative estimate of drug-likeness (QED) is 0.597. The van der Waals surface area contributed by atoms with E-state index in [2.05, 4.69) is 22.6 Å². The molecule has 0 aliphatic rings. The zero-order chi connectivity index (χ0) is 13.7. The van der Waals surface area contributed by atoms with Crippen LogP contribution in [0.1, 0.15) is 15.9 Å². The summed E-state index contributed by atoms with van der Waals surface area (Å²) >= 11 is 2.25. The van der Waals surface area contributed by atoms with Crippen LogP contribution in [-0.4, -0.2) is 13.4 Å². The van der Waals surface area contributed by atoms with Crippen LogP contribution >= 0.6 is 22.6 Å². The van der Waals surface area contributed by atoms with E-state index in [0.29, 0.717) is 23.7 Å². The predicted octanol–water partition coefficient (Wildman–Crippen LogP) is 3.69. The fraction of sp³-hybridized carbons (Fsp3) is 0.133. The number of hydrogen-bond acceptors (Lipinski definition) is 3. The van der Waals surface area contributed by atoms with Crippen molar-refractivity contribution in [3.8, 4) is 11.5 Å². The molecule has 2 rings (SSSR count). The molecule has 2 aromatic rings. The van der Waals surface area contributed by atoms with Gasteiger partial charge in [0.1, 0.15) is 6.61 Å². The molecule has 0 saturated heterocycles. The highest BCUT2D eigenvalue weighted by atomic mass is 127. The van der Waals surface area contributed by atoms with Gasteiger partial charge in [-0.15, -0.1) is 0 Å². The van der Waals surface area contributed by atoms with Crippen molar-refractivity contribution in [1.29, 1.82) is 0 Å². The van der Waals surface area contributed by atoms with Gasteiger partial charge in [0.2, 0.25) is 0 Å². The van der Waals surface area contributed by atoms with Gasteiger partial charge in [-0.3, -0.25) is 4.79 Å². The summed E-state index contributed by atoms with van der Waals surface area (Å²) in [4.78, 5) is 11.0. The van der Waals surface area contributed by atoms with Crippen molar-refractivity contribution >= 4 is 28.9 Å². The molecule has 98 valence electrons. The zero-order valence-corrected chi connectivity index (χ0v) is 12.6. The lowest BCUT2D eigenvalue weighted by atomic mass is 10.2. The van der Waals surface area contributed by atoms with E-state index in [9.17, 15) is 4.79 Å². The second kappa shape index (κ2) is 6.56. The normalized spacial score (nSPS) is 10.0. The summed E-state index contributed by atoms with van der Waals surface area (Å²) in [7, 11) is 1.56. The Morgan fingerprint density at radius 2 is 1.89 bits per heavy atom. The van der Waals surface area contributed by atoms with Gasteiger partial charge < -0.3 is 9.47 Å².